The van der Waals surface area contributed by atoms with Crippen molar-refractivity contribution in [3.63, 3.8) is 0 Å². The van der Waals surface area contributed by atoms with E-state index in [-0.39, 0.29) is 17.4 Å². The Morgan fingerprint density at radius 3 is 2.62 bits per heavy atom. The molecule has 26 heavy (non-hydrogen) atoms. The molecule has 0 radical (unpaired) electrons. The molecule has 0 spiro atoms. The van der Waals surface area contributed by atoms with Crippen molar-refractivity contribution in [3.05, 3.63) is 59.7 Å². The maximum atomic E-state index is 12.3. The fraction of sp³-hybridized carbons (Fsp3) is 0.381. The third kappa shape index (κ3) is 4.10. The second kappa shape index (κ2) is 7.28. The van der Waals surface area contributed by atoms with Crippen LogP contribution in [0.3, 0.4) is 0 Å². The zero-order valence-corrected chi connectivity index (χ0v) is 15.7. The first-order chi connectivity index (χ1) is 12.3. The summed E-state index contributed by atoms with van der Waals surface area (Å²) < 4.78 is 5.25. The summed E-state index contributed by atoms with van der Waals surface area (Å²) in [7, 11) is 0. The lowest BCUT2D eigenvalue weighted by atomic mass is 9.96. The molecule has 1 atom stereocenters. The highest BCUT2D eigenvalue weighted by Crippen LogP contribution is 2.24. The number of nitrogens with zero attached hydrogens (tertiary/aromatic N) is 2. The van der Waals surface area contributed by atoms with Crippen molar-refractivity contribution in [2.45, 2.75) is 52.0 Å². The molecule has 5 heteroatoms. The topological polar surface area (TPSA) is 68.0 Å². The Bertz CT molecular complexity index is 904. The normalized spacial score (nSPS) is 12.9. The molecule has 0 saturated carbocycles. The molecule has 0 saturated heterocycles. The lowest BCUT2D eigenvalue weighted by Gasteiger charge is -2.16. The summed E-state index contributed by atoms with van der Waals surface area (Å²) in [6.45, 7) is 8.09. The summed E-state index contributed by atoms with van der Waals surface area (Å²) >= 11 is 0. The first kappa shape index (κ1) is 18.1. The molecule has 1 aromatic heterocycles. The van der Waals surface area contributed by atoms with Crippen LogP contribution in [0, 0.1) is 0 Å². The number of amides is 1. The van der Waals surface area contributed by atoms with Gasteiger partial charge in [0.15, 0.2) is 5.82 Å². The third-order valence-corrected chi connectivity index (χ3v) is 4.37. The van der Waals surface area contributed by atoms with Crippen LogP contribution in [0.2, 0.25) is 0 Å². The molecule has 0 aliphatic heterocycles. The number of aryl methyl sites for hydroxylation is 1. The highest BCUT2D eigenvalue weighted by atomic mass is 16.5. The molecule has 5 nitrogen and oxygen atoms in total. The van der Waals surface area contributed by atoms with Gasteiger partial charge in [0.25, 0.3) is 0 Å². The van der Waals surface area contributed by atoms with Crippen LogP contribution in [-0.2, 0) is 16.6 Å². The Labute approximate surface area is 153 Å². The predicted molar refractivity (Wildman–Crippen MR) is 102 cm³/mol. The van der Waals surface area contributed by atoms with Crippen LogP contribution < -0.4 is 5.32 Å². The average Bonchev–Trinajstić information content (AvgIpc) is 3.09. The van der Waals surface area contributed by atoms with E-state index in [0.29, 0.717) is 24.6 Å². The van der Waals surface area contributed by atoms with Crippen molar-refractivity contribution in [2.24, 2.45) is 0 Å². The van der Waals surface area contributed by atoms with Crippen LogP contribution in [0.4, 0.5) is 0 Å². The van der Waals surface area contributed by atoms with Crippen LogP contribution >= 0.6 is 0 Å². The summed E-state index contributed by atoms with van der Waals surface area (Å²) in [6.07, 6.45) is 0.762. The monoisotopic (exact) mass is 351 g/mol. The lowest BCUT2D eigenvalue weighted by molar-refractivity contribution is -0.121. The summed E-state index contributed by atoms with van der Waals surface area (Å²) in [5.41, 5.74) is 0.955. The van der Waals surface area contributed by atoms with Gasteiger partial charge in [0.2, 0.25) is 11.8 Å². The molecule has 1 amide bonds. The van der Waals surface area contributed by atoms with Gasteiger partial charge in [-0.15, -0.1) is 0 Å². The van der Waals surface area contributed by atoms with E-state index in [0.717, 1.165) is 10.9 Å². The molecule has 3 rings (SSSR count). The minimum atomic E-state index is -0.160. The molecule has 3 aromatic rings. The van der Waals surface area contributed by atoms with E-state index in [4.69, 9.17) is 4.52 Å². The molecule has 0 bridgehead atoms. The molecule has 136 valence electrons. The molecular weight excluding hydrogens is 326 g/mol. The number of benzene rings is 2. The quantitative estimate of drug-likeness (QED) is 0.743. The Morgan fingerprint density at radius 1 is 1.15 bits per heavy atom. The van der Waals surface area contributed by atoms with Gasteiger partial charge in [0, 0.05) is 18.3 Å². The van der Waals surface area contributed by atoms with Crippen LogP contribution in [0.15, 0.2) is 47.0 Å². The minimum absolute atomic E-state index is 0.0269. The molecule has 1 heterocycles. The second-order valence-electron chi connectivity index (χ2n) is 7.62. The van der Waals surface area contributed by atoms with Crippen molar-refractivity contribution in [1.82, 2.24) is 15.5 Å². The van der Waals surface area contributed by atoms with Crippen LogP contribution in [0.1, 0.15) is 57.4 Å². The number of carbonyl (C=O) groups excluding carboxylic acids is 1. The third-order valence-electron chi connectivity index (χ3n) is 4.37. The zero-order valence-electron chi connectivity index (χ0n) is 15.7. The first-order valence-corrected chi connectivity index (χ1v) is 8.94. The molecule has 0 fully saturated rings. The molecule has 0 aliphatic rings. The van der Waals surface area contributed by atoms with Gasteiger partial charge in [-0.3, -0.25) is 4.79 Å². The predicted octanol–water partition coefficient (Wildman–Crippen LogP) is 4.33. The summed E-state index contributed by atoms with van der Waals surface area (Å²) in [5, 5.41) is 9.39. The zero-order chi connectivity index (χ0) is 18.7. The number of hydrogen-bond donors (Lipinski definition) is 1. The second-order valence-corrected chi connectivity index (χ2v) is 7.62. The van der Waals surface area contributed by atoms with Gasteiger partial charge in [-0.25, -0.2) is 0 Å². The van der Waals surface area contributed by atoms with Crippen LogP contribution in [-0.4, -0.2) is 16.0 Å². The highest BCUT2D eigenvalue weighted by molar-refractivity contribution is 5.86. The summed E-state index contributed by atoms with van der Waals surface area (Å²) in [4.78, 5) is 16.7. The SMILES string of the molecule is CC(NC(=O)CCc1nc(C(C)(C)C)no1)c1cccc2ccccc12. The van der Waals surface area contributed by atoms with Gasteiger partial charge < -0.3 is 9.84 Å². The number of hydrogen-bond acceptors (Lipinski definition) is 4. The van der Waals surface area contributed by atoms with E-state index in [1.54, 1.807) is 0 Å². The average molecular weight is 351 g/mol. The Hall–Kier alpha value is -2.69. The Balaban J connectivity index is 1.62. The summed E-state index contributed by atoms with van der Waals surface area (Å²) in [5.74, 6) is 1.14. The maximum Gasteiger partial charge on any atom is 0.227 e. The fourth-order valence-corrected chi connectivity index (χ4v) is 2.90. The van der Waals surface area contributed by atoms with E-state index in [1.807, 2.05) is 45.9 Å². The Morgan fingerprint density at radius 2 is 1.88 bits per heavy atom. The van der Waals surface area contributed by atoms with Gasteiger partial charge in [0.1, 0.15) is 0 Å². The standard InChI is InChI=1S/C21H25N3O2/c1-14(16-11-7-9-15-8-5-6-10-17(15)16)22-18(25)12-13-19-23-20(24-26-19)21(2,3)4/h5-11,14H,12-13H2,1-4H3,(H,22,25). The lowest BCUT2D eigenvalue weighted by Crippen LogP contribution is -2.27. The van der Waals surface area contributed by atoms with E-state index in [9.17, 15) is 4.79 Å². The van der Waals surface area contributed by atoms with E-state index < -0.39 is 0 Å². The van der Waals surface area contributed by atoms with Crippen LogP contribution in [0.25, 0.3) is 10.8 Å². The number of nitrogens with one attached hydrogen (secondary N) is 1. The van der Waals surface area contributed by atoms with Crippen molar-refractivity contribution >= 4 is 16.7 Å². The number of fused-ring (bicyclic) bond motifs is 1. The molecule has 1 unspecified atom stereocenters. The molecule has 2 aromatic carbocycles. The van der Waals surface area contributed by atoms with Gasteiger partial charge in [-0.2, -0.15) is 4.98 Å². The van der Waals surface area contributed by atoms with Gasteiger partial charge in [0.05, 0.1) is 6.04 Å². The van der Waals surface area contributed by atoms with Gasteiger partial charge in [-0.05, 0) is 23.3 Å². The van der Waals surface area contributed by atoms with Gasteiger partial charge >= 0.3 is 0 Å². The highest BCUT2D eigenvalue weighted by Gasteiger charge is 2.21. The number of rotatable bonds is 5. The molecule has 0 aliphatic carbocycles. The largest absolute Gasteiger partial charge is 0.350 e. The van der Waals surface area contributed by atoms with E-state index in [2.05, 4.69) is 39.7 Å². The van der Waals surface area contributed by atoms with Crippen LogP contribution in [0.5, 0.6) is 0 Å². The van der Waals surface area contributed by atoms with Crippen molar-refractivity contribution in [2.75, 3.05) is 0 Å². The first-order valence-electron chi connectivity index (χ1n) is 8.94. The smallest absolute Gasteiger partial charge is 0.227 e. The number of carbonyl (C=O) groups is 1. The minimum Gasteiger partial charge on any atom is -0.350 e. The Kier molecular flexibility index (Phi) is 5.07. The van der Waals surface area contributed by atoms with Crippen molar-refractivity contribution in [3.8, 4) is 0 Å². The number of aromatic nitrogens is 2. The van der Waals surface area contributed by atoms with E-state index >= 15 is 0 Å². The maximum absolute atomic E-state index is 12.3. The molecular formula is C21H25N3O2. The van der Waals surface area contributed by atoms with Gasteiger partial charge in [-0.1, -0.05) is 68.4 Å². The van der Waals surface area contributed by atoms with Crippen molar-refractivity contribution in [1.29, 1.82) is 0 Å². The fourth-order valence-electron chi connectivity index (χ4n) is 2.90. The summed E-state index contributed by atoms with van der Waals surface area (Å²) in [6, 6.07) is 14.3. The molecule has 1 N–H and O–H groups in total. The van der Waals surface area contributed by atoms with Crippen molar-refractivity contribution < 1.29 is 9.32 Å². The van der Waals surface area contributed by atoms with E-state index in [1.165, 1.54) is 5.39 Å².